The van der Waals surface area contributed by atoms with Crippen LogP contribution in [0.3, 0.4) is 0 Å². The van der Waals surface area contributed by atoms with E-state index in [9.17, 15) is 14.7 Å². The van der Waals surface area contributed by atoms with Gasteiger partial charge in [0, 0.05) is 30.4 Å². The molecule has 2 heterocycles. The second kappa shape index (κ2) is 12.4. The highest BCUT2D eigenvalue weighted by atomic mass is 32.1. The van der Waals surface area contributed by atoms with Crippen LogP contribution in [-0.4, -0.2) is 49.1 Å². The summed E-state index contributed by atoms with van der Waals surface area (Å²) in [4.78, 5) is 34.3. The largest absolute Gasteiger partial charge is 0.507 e. The summed E-state index contributed by atoms with van der Waals surface area (Å²) >= 11 is 1.20. The number of anilines is 1. The minimum atomic E-state index is -0.791. The van der Waals surface area contributed by atoms with Gasteiger partial charge in [-0.05, 0) is 70.5 Å². The molecule has 1 unspecified atom stereocenters. The van der Waals surface area contributed by atoms with Crippen molar-refractivity contribution >= 4 is 29.1 Å². The lowest BCUT2D eigenvalue weighted by Crippen LogP contribution is -2.40. The first kappa shape index (κ1) is 28.9. The molecular formula is C30H35N3O6S. The smallest absolute Gasteiger partial charge is 0.338 e. The first-order chi connectivity index (χ1) is 19.3. The SMILES string of the molecule is CCOC(=O)C1=C(C)N=c2s/c(=C\c3ccc(N(CC)CC)cc3O)c(=O)n2C1c1ccc(OC)c(OCC)c1. The lowest BCUT2D eigenvalue weighted by Gasteiger charge is -2.25. The Balaban J connectivity index is 1.91. The van der Waals surface area contributed by atoms with Gasteiger partial charge in [0.15, 0.2) is 16.3 Å². The zero-order valence-corrected chi connectivity index (χ0v) is 24.5. The van der Waals surface area contributed by atoms with E-state index >= 15 is 0 Å². The molecule has 0 amide bonds. The standard InChI is InChI=1S/C30H35N3O6S/c1-7-32(8-2)21-13-11-19(22(34)17-21)16-25-28(35)33-27(20-12-14-23(37-6)24(15-20)38-9-3)26(29(36)39-10-4)18(5)31-30(33)40-25/h11-17,27,34H,7-10H2,1-6H3/b25-16-. The fourth-order valence-electron chi connectivity index (χ4n) is 4.82. The number of hydrogen-bond donors (Lipinski definition) is 1. The van der Waals surface area contributed by atoms with Gasteiger partial charge >= 0.3 is 5.97 Å². The Kier molecular flexibility index (Phi) is 8.99. The number of thiazole rings is 1. The van der Waals surface area contributed by atoms with Crippen molar-refractivity contribution in [3.05, 3.63) is 78.5 Å². The quantitative estimate of drug-likeness (QED) is 0.374. The number of hydrogen-bond acceptors (Lipinski definition) is 9. The first-order valence-corrected chi connectivity index (χ1v) is 14.2. The number of carbonyl (C=O) groups is 1. The lowest BCUT2D eigenvalue weighted by molar-refractivity contribution is -0.139. The van der Waals surface area contributed by atoms with E-state index in [1.54, 1.807) is 57.4 Å². The van der Waals surface area contributed by atoms with Gasteiger partial charge in [-0.1, -0.05) is 17.4 Å². The number of aromatic hydroxyl groups is 1. The van der Waals surface area contributed by atoms with Gasteiger partial charge < -0.3 is 24.2 Å². The molecule has 0 fully saturated rings. The molecular weight excluding hydrogens is 530 g/mol. The third-order valence-corrected chi connectivity index (χ3v) is 7.73. The summed E-state index contributed by atoms with van der Waals surface area (Å²) in [6.45, 7) is 11.7. The number of phenols is 1. The van der Waals surface area contributed by atoms with Crippen LogP contribution in [0, 0.1) is 0 Å². The van der Waals surface area contributed by atoms with Gasteiger partial charge in [-0.25, -0.2) is 9.79 Å². The Morgan fingerprint density at radius 2 is 1.85 bits per heavy atom. The van der Waals surface area contributed by atoms with E-state index < -0.39 is 12.0 Å². The molecule has 0 bridgehead atoms. The van der Waals surface area contributed by atoms with E-state index in [1.807, 2.05) is 13.0 Å². The van der Waals surface area contributed by atoms with Gasteiger partial charge in [0.1, 0.15) is 5.75 Å². The highest BCUT2D eigenvalue weighted by Crippen LogP contribution is 2.36. The summed E-state index contributed by atoms with van der Waals surface area (Å²) < 4.78 is 18.5. The fraction of sp³-hybridized carbons (Fsp3) is 0.367. The number of rotatable bonds is 10. The predicted octanol–water partition coefficient (Wildman–Crippen LogP) is 3.76. The van der Waals surface area contributed by atoms with Gasteiger partial charge in [-0.2, -0.15) is 0 Å². The van der Waals surface area contributed by atoms with Crippen molar-refractivity contribution in [3.63, 3.8) is 0 Å². The number of benzene rings is 2. The average molecular weight is 566 g/mol. The summed E-state index contributed by atoms with van der Waals surface area (Å²) in [6.07, 6.45) is 1.66. The Hall–Kier alpha value is -4.05. The molecule has 1 aliphatic rings. The molecule has 40 heavy (non-hydrogen) atoms. The molecule has 1 aromatic heterocycles. The van der Waals surface area contributed by atoms with Crippen LogP contribution < -0.4 is 29.3 Å². The molecule has 1 atom stereocenters. The molecule has 2 aromatic carbocycles. The molecule has 0 saturated heterocycles. The second-order valence-corrected chi connectivity index (χ2v) is 10.1. The van der Waals surface area contributed by atoms with Gasteiger partial charge in [0.05, 0.1) is 42.2 Å². The zero-order chi connectivity index (χ0) is 29.0. The third-order valence-electron chi connectivity index (χ3n) is 6.75. The van der Waals surface area contributed by atoms with Crippen LogP contribution in [0.5, 0.6) is 17.2 Å². The molecule has 0 aliphatic carbocycles. The van der Waals surface area contributed by atoms with Crippen molar-refractivity contribution in [3.8, 4) is 17.2 Å². The highest BCUT2D eigenvalue weighted by Gasteiger charge is 2.34. The van der Waals surface area contributed by atoms with Crippen molar-refractivity contribution in [2.24, 2.45) is 4.99 Å². The maximum atomic E-state index is 13.9. The van der Waals surface area contributed by atoms with E-state index in [2.05, 4.69) is 23.7 Å². The van der Waals surface area contributed by atoms with Crippen molar-refractivity contribution in [2.45, 2.75) is 40.7 Å². The molecule has 0 spiro atoms. The summed E-state index contributed by atoms with van der Waals surface area (Å²) in [6, 6.07) is 9.97. The summed E-state index contributed by atoms with van der Waals surface area (Å²) in [5.74, 6) is 0.578. The number of aromatic nitrogens is 1. The number of allylic oxidation sites excluding steroid dienone is 1. The molecule has 3 aromatic rings. The van der Waals surface area contributed by atoms with Gasteiger partial charge in [-0.15, -0.1) is 0 Å². The normalized spacial score (nSPS) is 14.9. The van der Waals surface area contributed by atoms with Crippen LogP contribution in [0.25, 0.3) is 6.08 Å². The number of esters is 1. The van der Waals surface area contributed by atoms with Crippen molar-refractivity contribution in [2.75, 3.05) is 38.3 Å². The van der Waals surface area contributed by atoms with Crippen LogP contribution in [-0.2, 0) is 9.53 Å². The number of fused-ring (bicyclic) bond motifs is 1. The van der Waals surface area contributed by atoms with Crippen LogP contribution in [0.4, 0.5) is 5.69 Å². The number of ether oxygens (including phenoxy) is 3. The van der Waals surface area contributed by atoms with Crippen LogP contribution in [0.2, 0.25) is 0 Å². The monoisotopic (exact) mass is 565 g/mol. The maximum Gasteiger partial charge on any atom is 0.338 e. The average Bonchev–Trinajstić information content (AvgIpc) is 3.24. The van der Waals surface area contributed by atoms with Crippen LogP contribution in [0.1, 0.15) is 51.8 Å². The molecule has 1 aliphatic heterocycles. The van der Waals surface area contributed by atoms with Crippen molar-refractivity contribution in [1.82, 2.24) is 4.57 Å². The predicted molar refractivity (Wildman–Crippen MR) is 156 cm³/mol. The second-order valence-electron chi connectivity index (χ2n) is 9.06. The number of methoxy groups -OCH3 is 1. The molecule has 10 heteroatoms. The van der Waals surface area contributed by atoms with Crippen LogP contribution >= 0.6 is 11.3 Å². The summed E-state index contributed by atoms with van der Waals surface area (Å²) in [7, 11) is 1.55. The summed E-state index contributed by atoms with van der Waals surface area (Å²) in [5, 5.41) is 10.8. The Morgan fingerprint density at radius 3 is 2.48 bits per heavy atom. The van der Waals surface area contributed by atoms with Gasteiger partial charge in [0.25, 0.3) is 5.56 Å². The molecule has 9 nitrogen and oxygen atoms in total. The van der Waals surface area contributed by atoms with E-state index in [4.69, 9.17) is 14.2 Å². The Labute approximate surface area is 237 Å². The van der Waals surface area contributed by atoms with E-state index in [0.29, 0.717) is 44.3 Å². The Bertz CT molecular complexity index is 1620. The van der Waals surface area contributed by atoms with Gasteiger partial charge in [0.2, 0.25) is 0 Å². The molecule has 0 radical (unpaired) electrons. The molecule has 0 saturated carbocycles. The first-order valence-electron chi connectivity index (χ1n) is 13.4. The number of nitrogens with zero attached hydrogens (tertiary/aromatic N) is 3. The third kappa shape index (κ3) is 5.49. The minimum Gasteiger partial charge on any atom is -0.507 e. The minimum absolute atomic E-state index is 0.0756. The molecule has 1 N–H and O–H groups in total. The Morgan fingerprint density at radius 1 is 1.10 bits per heavy atom. The van der Waals surface area contributed by atoms with Crippen molar-refractivity contribution < 1.29 is 24.1 Å². The maximum absolute atomic E-state index is 13.9. The van der Waals surface area contributed by atoms with Gasteiger partial charge in [-0.3, -0.25) is 9.36 Å². The zero-order valence-electron chi connectivity index (χ0n) is 23.7. The van der Waals surface area contributed by atoms with E-state index in [1.165, 1.54) is 15.9 Å². The van der Waals surface area contributed by atoms with Crippen LogP contribution in [0.15, 0.2) is 57.5 Å². The number of phenolic OH excluding ortho intramolecular Hbond substituents is 1. The van der Waals surface area contributed by atoms with E-state index in [0.717, 1.165) is 18.8 Å². The molecule has 4 rings (SSSR count). The highest BCUT2D eigenvalue weighted by molar-refractivity contribution is 7.07. The topological polar surface area (TPSA) is 103 Å². The van der Waals surface area contributed by atoms with Crippen molar-refractivity contribution in [1.29, 1.82) is 0 Å². The number of carbonyl (C=O) groups excluding carboxylic acids is 1. The van der Waals surface area contributed by atoms with E-state index in [-0.39, 0.29) is 23.5 Å². The molecule has 212 valence electrons. The fourth-order valence-corrected chi connectivity index (χ4v) is 5.86. The lowest BCUT2D eigenvalue weighted by atomic mass is 9.95. The summed E-state index contributed by atoms with van der Waals surface area (Å²) in [5.41, 5.74) is 2.49.